The van der Waals surface area contributed by atoms with E-state index < -0.39 is 0 Å². The van der Waals surface area contributed by atoms with Crippen LogP contribution in [0.1, 0.15) is 24.4 Å². The zero-order valence-corrected chi connectivity index (χ0v) is 8.55. The normalized spacial score (nSPS) is 20.4. The van der Waals surface area contributed by atoms with E-state index in [0.717, 1.165) is 18.5 Å². The molecular formula is C10H14ClNO2. The van der Waals surface area contributed by atoms with Crippen LogP contribution < -0.4 is 5.32 Å². The van der Waals surface area contributed by atoms with E-state index in [0.29, 0.717) is 6.04 Å². The van der Waals surface area contributed by atoms with Gasteiger partial charge >= 0.3 is 0 Å². The molecule has 0 spiro atoms. The molecule has 14 heavy (non-hydrogen) atoms. The molecule has 0 bridgehead atoms. The third-order valence-electron chi connectivity index (χ3n) is 2.46. The van der Waals surface area contributed by atoms with Gasteiger partial charge in [0.25, 0.3) is 0 Å². The first-order valence-electron chi connectivity index (χ1n) is 4.52. The zero-order valence-electron chi connectivity index (χ0n) is 7.73. The SMILES string of the molecule is Cl.Oc1ccc([C@@H]2CCCN2)cc1O. The molecule has 1 aromatic rings. The average Bonchev–Trinajstić information content (AvgIpc) is 2.62. The number of nitrogens with one attached hydrogen (secondary N) is 1. The van der Waals surface area contributed by atoms with Gasteiger partial charge in [-0.3, -0.25) is 0 Å². The van der Waals surface area contributed by atoms with E-state index in [1.165, 1.54) is 12.5 Å². The Morgan fingerprint density at radius 1 is 1.21 bits per heavy atom. The molecule has 0 aromatic heterocycles. The minimum Gasteiger partial charge on any atom is -0.504 e. The maximum absolute atomic E-state index is 9.28. The van der Waals surface area contributed by atoms with Crippen LogP contribution in [0.2, 0.25) is 0 Å². The van der Waals surface area contributed by atoms with Crippen molar-refractivity contribution in [2.24, 2.45) is 0 Å². The second-order valence-corrected chi connectivity index (χ2v) is 3.40. The van der Waals surface area contributed by atoms with E-state index in [9.17, 15) is 5.11 Å². The maximum Gasteiger partial charge on any atom is 0.157 e. The van der Waals surface area contributed by atoms with Gasteiger partial charge in [-0.05, 0) is 37.1 Å². The van der Waals surface area contributed by atoms with Crippen LogP contribution in [0.3, 0.4) is 0 Å². The van der Waals surface area contributed by atoms with E-state index in [1.807, 2.05) is 6.07 Å². The number of phenols is 2. The van der Waals surface area contributed by atoms with Crippen molar-refractivity contribution >= 4 is 12.4 Å². The van der Waals surface area contributed by atoms with E-state index in [2.05, 4.69) is 5.32 Å². The average molecular weight is 216 g/mol. The van der Waals surface area contributed by atoms with Gasteiger partial charge in [-0.1, -0.05) is 6.07 Å². The fourth-order valence-electron chi connectivity index (χ4n) is 1.73. The largest absolute Gasteiger partial charge is 0.504 e. The highest BCUT2D eigenvalue weighted by Crippen LogP contribution is 2.30. The topological polar surface area (TPSA) is 52.5 Å². The van der Waals surface area contributed by atoms with Gasteiger partial charge in [0, 0.05) is 6.04 Å². The van der Waals surface area contributed by atoms with Crippen LogP contribution in [0.5, 0.6) is 11.5 Å². The van der Waals surface area contributed by atoms with Crippen LogP contribution in [-0.4, -0.2) is 16.8 Å². The highest BCUT2D eigenvalue weighted by molar-refractivity contribution is 5.85. The molecule has 1 heterocycles. The molecule has 3 N–H and O–H groups in total. The van der Waals surface area contributed by atoms with E-state index >= 15 is 0 Å². The zero-order chi connectivity index (χ0) is 9.26. The smallest absolute Gasteiger partial charge is 0.157 e. The van der Waals surface area contributed by atoms with Crippen molar-refractivity contribution in [3.05, 3.63) is 23.8 Å². The minimum absolute atomic E-state index is 0. The molecule has 1 fully saturated rings. The predicted molar refractivity (Wildman–Crippen MR) is 57.0 cm³/mol. The van der Waals surface area contributed by atoms with Gasteiger partial charge in [-0.15, -0.1) is 12.4 Å². The molecular weight excluding hydrogens is 202 g/mol. The van der Waals surface area contributed by atoms with Crippen LogP contribution >= 0.6 is 12.4 Å². The quantitative estimate of drug-likeness (QED) is 0.628. The maximum atomic E-state index is 9.28. The number of phenolic OH excluding ortho intramolecular Hbond substituents is 2. The van der Waals surface area contributed by atoms with Gasteiger partial charge in [0.15, 0.2) is 11.5 Å². The van der Waals surface area contributed by atoms with Crippen molar-refractivity contribution in [2.75, 3.05) is 6.54 Å². The van der Waals surface area contributed by atoms with Crippen molar-refractivity contribution in [1.82, 2.24) is 5.32 Å². The Kier molecular flexibility index (Phi) is 3.61. The lowest BCUT2D eigenvalue weighted by molar-refractivity contribution is 0.402. The monoisotopic (exact) mass is 215 g/mol. The van der Waals surface area contributed by atoms with E-state index in [1.54, 1.807) is 6.07 Å². The molecule has 4 heteroatoms. The Morgan fingerprint density at radius 3 is 2.57 bits per heavy atom. The number of benzene rings is 1. The number of rotatable bonds is 1. The molecule has 78 valence electrons. The summed E-state index contributed by atoms with van der Waals surface area (Å²) in [4.78, 5) is 0. The Morgan fingerprint density at radius 2 is 2.00 bits per heavy atom. The lowest BCUT2D eigenvalue weighted by Gasteiger charge is -2.10. The standard InChI is InChI=1S/C10H13NO2.ClH/c12-9-4-3-7(6-10(9)13)8-2-1-5-11-8;/h3-4,6,8,11-13H,1-2,5H2;1H/t8-;/m0./s1. The van der Waals surface area contributed by atoms with E-state index in [-0.39, 0.29) is 23.9 Å². The van der Waals surface area contributed by atoms with E-state index in [4.69, 9.17) is 5.11 Å². The minimum atomic E-state index is -0.0539. The number of hydrogen-bond acceptors (Lipinski definition) is 3. The van der Waals surface area contributed by atoms with Crippen LogP contribution in [0.4, 0.5) is 0 Å². The van der Waals surface area contributed by atoms with Gasteiger partial charge in [0.05, 0.1) is 0 Å². The summed E-state index contributed by atoms with van der Waals surface area (Å²) in [5, 5.41) is 21.7. The summed E-state index contributed by atoms with van der Waals surface area (Å²) < 4.78 is 0. The molecule has 1 aliphatic heterocycles. The first kappa shape index (κ1) is 11.1. The van der Waals surface area contributed by atoms with Gasteiger partial charge in [-0.25, -0.2) is 0 Å². The molecule has 1 aliphatic rings. The third kappa shape index (κ3) is 2.11. The molecule has 0 radical (unpaired) electrons. The highest BCUT2D eigenvalue weighted by atomic mass is 35.5. The second kappa shape index (κ2) is 4.53. The Hall–Kier alpha value is -0.930. The summed E-state index contributed by atoms with van der Waals surface area (Å²) >= 11 is 0. The first-order valence-corrected chi connectivity index (χ1v) is 4.52. The van der Waals surface area contributed by atoms with Gasteiger partial charge < -0.3 is 15.5 Å². The summed E-state index contributed by atoms with van der Waals surface area (Å²) in [6.07, 6.45) is 2.27. The lowest BCUT2D eigenvalue weighted by Crippen LogP contribution is -2.12. The molecule has 0 saturated carbocycles. The number of hydrogen-bond donors (Lipinski definition) is 3. The van der Waals surface area contributed by atoms with Gasteiger partial charge in [0.1, 0.15) is 0 Å². The molecule has 1 aromatic carbocycles. The molecule has 0 unspecified atom stereocenters. The van der Waals surface area contributed by atoms with Crippen LogP contribution in [0.15, 0.2) is 18.2 Å². The summed E-state index contributed by atoms with van der Waals surface area (Å²) in [7, 11) is 0. The predicted octanol–water partition coefficient (Wildman–Crippen LogP) is 1.94. The van der Waals surface area contributed by atoms with Crippen molar-refractivity contribution in [3.63, 3.8) is 0 Å². The molecule has 1 saturated heterocycles. The summed E-state index contributed by atoms with van der Waals surface area (Å²) in [5.41, 5.74) is 1.05. The number of halogens is 1. The summed E-state index contributed by atoms with van der Waals surface area (Å²) in [6.45, 7) is 1.03. The lowest BCUT2D eigenvalue weighted by atomic mass is 10.1. The summed E-state index contributed by atoms with van der Waals surface area (Å²) in [6, 6.07) is 5.34. The Balaban J connectivity index is 0.000000980. The first-order chi connectivity index (χ1) is 6.27. The molecule has 1 atom stereocenters. The highest BCUT2D eigenvalue weighted by Gasteiger charge is 2.16. The van der Waals surface area contributed by atoms with Crippen LogP contribution in [-0.2, 0) is 0 Å². The summed E-state index contributed by atoms with van der Waals surface area (Å²) in [5.74, 6) is -0.0899. The van der Waals surface area contributed by atoms with Gasteiger partial charge in [-0.2, -0.15) is 0 Å². The van der Waals surface area contributed by atoms with Crippen molar-refractivity contribution < 1.29 is 10.2 Å². The Bertz CT molecular complexity index is 311. The fraction of sp³-hybridized carbons (Fsp3) is 0.400. The molecule has 0 aliphatic carbocycles. The molecule has 0 amide bonds. The Labute approximate surface area is 89.2 Å². The van der Waals surface area contributed by atoms with Crippen molar-refractivity contribution in [2.45, 2.75) is 18.9 Å². The third-order valence-corrected chi connectivity index (χ3v) is 2.46. The molecule has 2 rings (SSSR count). The number of aromatic hydroxyl groups is 2. The van der Waals surface area contributed by atoms with Crippen LogP contribution in [0.25, 0.3) is 0 Å². The fourth-order valence-corrected chi connectivity index (χ4v) is 1.73. The molecule has 3 nitrogen and oxygen atoms in total. The van der Waals surface area contributed by atoms with Crippen molar-refractivity contribution in [3.8, 4) is 11.5 Å². The second-order valence-electron chi connectivity index (χ2n) is 3.40. The van der Waals surface area contributed by atoms with Gasteiger partial charge in [0.2, 0.25) is 0 Å². The van der Waals surface area contributed by atoms with Crippen molar-refractivity contribution in [1.29, 1.82) is 0 Å². The van der Waals surface area contributed by atoms with Crippen LogP contribution in [0, 0.1) is 0 Å².